The van der Waals surface area contributed by atoms with E-state index in [1.807, 2.05) is 18.2 Å². The number of anilines is 2. The number of nitrogens with two attached hydrogens (primary N) is 1. The summed E-state index contributed by atoms with van der Waals surface area (Å²) in [5, 5.41) is 22.6. The molecule has 8 nitrogen and oxygen atoms in total. The van der Waals surface area contributed by atoms with Gasteiger partial charge in [-0.05, 0) is 29.8 Å². The molecule has 0 aliphatic carbocycles. The summed E-state index contributed by atoms with van der Waals surface area (Å²) in [6, 6.07) is 15.0. The van der Waals surface area contributed by atoms with Gasteiger partial charge in [-0.2, -0.15) is 10.5 Å². The van der Waals surface area contributed by atoms with Crippen molar-refractivity contribution in [1.29, 1.82) is 10.5 Å². The highest BCUT2D eigenvalue weighted by atomic mass is 16.6. The zero-order valence-corrected chi connectivity index (χ0v) is 15.3. The quantitative estimate of drug-likeness (QED) is 0.702. The van der Waals surface area contributed by atoms with Gasteiger partial charge in [-0.1, -0.05) is 12.1 Å². The van der Waals surface area contributed by atoms with Crippen LogP contribution in [0.1, 0.15) is 16.8 Å². The lowest BCUT2D eigenvalue weighted by molar-refractivity contribution is 0.171. The van der Waals surface area contributed by atoms with Gasteiger partial charge >= 0.3 is 0 Å². The maximum atomic E-state index is 9.86. The second kappa shape index (κ2) is 7.75. The minimum atomic E-state index is 0.0416. The molecular formula is C21H16N6O2. The summed E-state index contributed by atoms with van der Waals surface area (Å²) in [6.45, 7) is 1.26. The third-order valence-electron chi connectivity index (χ3n) is 4.44. The standard InChI is InChI=1S/C21H16N6O2/c22-10-15-19(13-4-5-17-18(9-13)29-8-7-28-17)16(11-23)21(27-20(15)24)26-12-14-3-1-2-6-25-14/h1-6,9H,7-8,12H2,(H3,24,26,27). The predicted octanol–water partition coefficient (Wildman–Crippen LogP) is 2.85. The van der Waals surface area contributed by atoms with E-state index < -0.39 is 0 Å². The monoisotopic (exact) mass is 384 g/mol. The number of nitrogens with one attached hydrogen (secondary N) is 1. The number of fused-ring (bicyclic) bond motifs is 1. The topological polar surface area (TPSA) is 130 Å². The number of ether oxygens (including phenoxy) is 2. The van der Waals surface area contributed by atoms with Crippen molar-refractivity contribution in [2.75, 3.05) is 24.3 Å². The van der Waals surface area contributed by atoms with E-state index in [2.05, 4.69) is 27.4 Å². The molecule has 0 fully saturated rings. The number of nitrogen functional groups attached to an aromatic ring is 1. The average Bonchev–Trinajstić information content (AvgIpc) is 2.77. The number of pyridine rings is 2. The molecule has 1 aliphatic heterocycles. The van der Waals surface area contributed by atoms with Crippen LogP contribution in [-0.2, 0) is 6.54 Å². The van der Waals surface area contributed by atoms with Gasteiger partial charge in [0.2, 0.25) is 0 Å². The lowest BCUT2D eigenvalue weighted by Crippen LogP contribution is -2.15. The van der Waals surface area contributed by atoms with Crippen molar-refractivity contribution in [1.82, 2.24) is 9.97 Å². The predicted molar refractivity (Wildman–Crippen MR) is 106 cm³/mol. The molecule has 0 atom stereocenters. The molecule has 0 radical (unpaired) electrons. The zero-order valence-electron chi connectivity index (χ0n) is 15.3. The molecule has 0 amide bonds. The molecule has 0 saturated heterocycles. The molecule has 4 rings (SSSR count). The van der Waals surface area contributed by atoms with Crippen molar-refractivity contribution >= 4 is 11.6 Å². The summed E-state index contributed by atoms with van der Waals surface area (Å²) in [4.78, 5) is 8.49. The van der Waals surface area contributed by atoms with Crippen molar-refractivity contribution in [2.45, 2.75) is 6.54 Å². The van der Waals surface area contributed by atoms with Crippen LogP contribution in [0.25, 0.3) is 11.1 Å². The molecule has 29 heavy (non-hydrogen) atoms. The second-order valence-corrected chi connectivity index (χ2v) is 6.23. The number of nitriles is 2. The summed E-state index contributed by atoms with van der Waals surface area (Å²) in [5.74, 6) is 1.51. The van der Waals surface area contributed by atoms with E-state index in [-0.39, 0.29) is 16.9 Å². The van der Waals surface area contributed by atoms with E-state index in [0.29, 0.717) is 48.2 Å². The molecule has 3 aromatic rings. The first-order valence-corrected chi connectivity index (χ1v) is 8.88. The SMILES string of the molecule is N#Cc1c(N)nc(NCc2ccccn2)c(C#N)c1-c1ccc2c(c1)OCCO2. The first-order valence-electron chi connectivity index (χ1n) is 8.88. The van der Waals surface area contributed by atoms with Crippen molar-refractivity contribution < 1.29 is 9.47 Å². The molecule has 1 aliphatic rings. The average molecular weight is 384 g/mol. The van der Waals surface area contributed by atoms with E-state index in [1.165, 1.54) is 0 Å². The first kappa shape index (κ1) is 18.1. The van der Waals surface area contributed by atoms with Crippen molar-refractivity contribution in [3.05, 3.63) is 59.4 Å². The van der Waals surface area contributed by atoms with E-state index in [0.717, 1.165) is 5.69 Å². The summed E-state index contributed by atoms with van der Waals surface area (Å²) in [6.07, 6.45) is 1.68. The Hall–Kier alpha value is -4.30. The Bertz CT molecular complexity index is 1150. The lowest BCUT2D eigenvalue weighted by atomic mass is 9.95. The molecule has 3 heterocycles. The van der Waals surface area contributed by atoms with E-state index in [9.17, 15) is 10.5 Å². The Labute approximate surface area is 167 Å². The fraction of sp³-hybridized carbons (Fsp3) is 0.143. The van der Waals surface area contributed by atoms with Gasteiger partial charge in [0.25, 0.3) is 0 Å². The van der Waals surface area contributed by atoms with Crippen molar-refractivity contribution in [3.8, 4) is 34.8 Å². The van der Waals surface area contributed by atoms with E-state index >= 15 is 0 Å². The van der Waals surface area contributed by atoms with E-state index in [4.69, 9.17) is 15.2 Å². The molecule has 142 valence electrons. The molecule has 1 aromatic carbocycles. The highest BCUT2D eigenvalue weighted by Crippen LogP contribution is 2.39. The molecule has 8 heteroatoms. The Balaban J connectivity index is 1.81. The van der Waals surface area contributed by atoms with Crippen LogP contribution in [0, 0.1) is 22.7 Å². The van der Waals surface area contributed by atoms with E-state index in [1.54, 1.807) is 24.4 Å². The largest absolute Gasteiger partial charge is 0.486 e. The molecule has 0 saturated carbocycles. The number of aromatic nitrogens is 2. The molecule has 0 unspecified atom stereocenters. The first-order chi connectivity index (χ1) is 14.2. The van der Waals surface area contributed by atoms with Crippen molar-refractivity contribution in [2.24, 2.45) is 0 Å². The number of hydrogen-bond acceptors (Lipinski definition) is 8. The van der Waals surface area contributed by atoms with Crippen LogP contribution in [0.4, 0.5) is 11.6 Å². The van der Waals surface area contributed by atoms with Crippen LogP contribution in [0.15, 0.2) is 42.6 Å². The molecule has 2 aromatic heterocycles. The Morgan fingerprint density at radius 2 is 1.83 bits per heavy atom. The maximum Gasteiger partial charge on any atom is 0.161 e. The van der Waals surface area contributed by atoms with Gasteiger partial charge in [-0.15, -0.1) is 0 Å². The van der Waals surface area contributed by atoms with Crippen LogP contribution in [-0.4, -0.2) is 23.2 Å². The van der Waals surface area contributed by atoms with Gasteiger partial charge < -0.3 is 20.5 Å². The van der Waals surface area contributed by atoms with Crippen LogP contribution < -0.4 is 20.5 Å². The Kier molecular flexibility index (Phi) is 4.83. The third-order valence-corrected chi connectivity index (χ3v) is 4.44. The smallest absolute Gasteiger partial charge is 0.161 e. The van der Waals surface area contributed by atoms with Crippen LogP contribution in [0.5, 0.6) is 11.5 Å². The molecular weight excluding hydrogens is 368 g/mol. The second-order valence-electron chi connectivity index (χ2n) is 6.23. The van der Waals surface area contributed by atoms with Gasteiger partial charge in [0.1, 0.15) is 48.1 Å². The molecule has 0 bridgehead atoms. The number of nitrogens with zero attached hydrogens (tertiary/aromatic N) is 4. The zero-order chi connectivity index (χ0) is 20.2. The van der Waals surface area contributed by atoms with Crippen LogP contribution >= 0.6 is 0 Å². The lowest BCUT2D eigenvalue weighted by Gasteiger charge is -2.20. The van der Waals surface area contributed by atoms with Gasteiger partial charge in [-0.25, -0.2) is 4.98 Å². The fourth-order valence-electron chi connectivity index (χ4n) is 3.12. The van der Waals surface area contributed by atoms with Gasteiger partial charge in [0.05, 0.1) is 12.2 Å². The number of benzene rings is 1. The van der Waals surface area contributed by atoms with Crippen molar-refractivity contribution in [3.63, 3.8) is 0 Å². The highest BCUT2D eigenvalue weighted by Gasteiger charge is 2.22. The van der Waals surface area contributed by atoms with Gasteiger partial charge in [0.15, 0.2) is 11.5 Å². The van der Waals surface area contributed by atoms with Crippen LogP contribution in [0.3, 0.4) is 0 Å². The summed E-state index contributed by atoms with van der Waals surface area (Å²) < 4.78 is 11.2. The molecule has 0 spiro atoms. The number of rotatable bonds is 4. The Morgan fingerprint density at radius 1 is 1.03 bits per heavy atom. The third kappa shape index (κ3) is 3.47. The summed E-state index contributed by atoms with van der Waals surface area (Å²) in [5.41, 5.74) is 8.22. The maximum absolute atomic E-state index is 9.86. The Morgan fingerprint density at radius 3 is 2.55 bits per heavy atom. The van der Waals surface area contributed by atoms with Gasteiger partial charge in [-0.3, -0.25) is 4.98 Å². The van der Waals surface area contributed by atoms with Crippen LogP contribution in [0.2, 0.25) is 0 Å². The minimum absolute atomic E-state index is 0.0416. The minimum Gasteiger partial charge on any atom is -0.486 e. The fourth-order valence-corrected chi connectivity index (χ4v) is 3.12. The highest BCUT2D eigenvalue weighted by molar-refractivity contribution is 5.85. The normalized spacial score (nSPS) is 11.9. The summed E-state index contributed by atoms with van der Waals surface area (Å²) in [7, 11) is 0. The number of hydrogen-bond donors (Lipinski definition) is 2. The molecule has 3 N–H and O–H groups in total. The summed E-state index contributed by atoms with van der Waals surface area (Å²) >= 11 is 0. The van der Waals surface area contributed by atoms with Gasteiger partial charge in [0, 0.05) is 11.8 Å².